The van der Waals surface area contributed by atoms with Gasteiger partial charge in [0, 0.05) is 12.6 Å². The summed E-state index contributed by atoms with van der Waals surface area (Å²) in [5.74, 6) is 0. The Morgan fingerprint density at radius 2 is 2.06 bits per heavy atom. The molecule has 94 valence electrons. The van der Waals surface area contributed by atoms with E-state index in [1.165, 1.54) is 18.4 Å². The van der Waals surface area contributed by atoms with Gasteiger partial charge in [0.25, 0.3) is 0 Å². The van der Waals surface area contributed by atoms with E-state index in [-0.39, 0.29) is 6.10 Å². The average Bonchev–Trinajstić information content (AvgIpc) is 3.14. The molecule has 0 radical (unpaired) electrons. The fourth-order valence-electron chi connectivity index (χ4n) is 2.44. The fourth-order valence-corrected chi connectivity index (χ4v) is 2.44. The van der Waals surface area contributed by atoms with Crippen molar-refractivity contribution in [1.82, 2.24) is 4.90 Å². The average molecular weight is 233 g/mol. The highest BCUT2D eigenvalue weighted by molar-refractivity contribution is 5.27. The summed E-state index contributed by atoms with van der Waals surface area (Å²) in [6.07, 6.45) is 3.21. The fraction of sp³-hybridized carbons (Fsp3) is 0.600. The topological polar surface area (TPSA) is 23.5 Å². The van der Waals surface area contributed by atoms with E-state index in [2.05, 4.69) is 24.8 Å². The molecule has 2 nitrogen and oxygen atoms in total. The molecule has 1 N–H and O–H groups in total. The molecule has 2 heteroatoms. The van der Waals surface area contributed by atoms with Crippen LogP contribution < -0.4 is 0 Å². The van der Waals surface area contributed by atoms with Gasteiger partial charge in [0.15, 0.2) is 0 Å². The van der Waals surface area contributed by atoms with Crippen LogP contribution in [0.5, 0.6) is 0 Å². The SMILES string of the molecule is CCN(CCC(O)c1ccccc1C)C1CC1. The van der Waals surface area contributed by atoms with Crippen LogP contribution in [0.25, 0.3) is 0 Å². The molecule has 1 aromatic rings. The lowest BCUT2D eigenvalue weighted by Gasteiger charge is -2.22. The Hall–Kier alpha value is -0.860. The Kier molecular flexibility index (Phi) is 4.19. The molecule has 0 spiro atoms. The van der Waals surface area contributed by atoms with Crippen LogP contribution >= 0.6 is 0 Å². The highest BCUT2D eigenvalue weighted by atomic mass is 16.3. The van der Waals surface area contributed by atoms with Gasteiger partial charge in [-0.25, -0.2) is 0 Å². The number of aliphatic hydroxyl groups is 1. The zero-order valence-electron chi connectivity index (χ0n) is 10.9. The van der Waals surface area contributed by atoms with E-state index in [1.807, 2.05) is 18.2 Å². The summed E-state index contributed by atoms with van der Waals surface area (Å²) in [5.41, 5.74) is 2.27. The lowest BCUT2D eigenvalue weighted by molar-refractivity contribution is 0.141. The van der Waals surface area contributed by atoms with Gasteiger partial charge in [0.1, 0.15) is 0 Å². The maximum absolute atomic E-state index is 10.2. The van der Waals surface area contributed by atoms with Crippen LogP contribution in [0.15, 0.2) is 24.3 Å². The Morgan fingerprint density at radius 1 is 1.35 bits per heavy atom. The predicted molar refractivity (Wildman–Crippen MR) is 71.0 cm³/mol. The summed E-state index contributed by atoms with van der Waals surface area (Å²) in [7, 11) is 0. The molecule has 0 bridgehead atoms. The molecule has 0 aliphatic heterocycles. The van der Waals surface area contributed by atoms with Gasteiger partial charge in [0.2, 0.25) is 0 Å². The van der Waals surface area contributed by atoms with E-state index in [0.29, 0.717) is 0 Å². The number of benzene rings is 1. The quantitative estimate of drug-likeness (QED) is 0.816. The van der Waals surface area contributed by atoms with E-state index >= 15 is 0 Å². The van der Waals surface area contributed by atoms with E-state index in [0.717, 1.165) is 31.1 Å². The molecule has 0 amide bonds. The molecule has 1 aliphatic rings. The van der Waals surface area contributed by atoms with Crippen molar-refractivity contribution in [2.24, 2.45) is 0 Å². The van der Waals surface area contributed by atoms with Gasteiger partial charge in [0.05, 0.1) is 6.10 Å². The number of hydrogen-bond donors (Lipinski definition) is 1. The Bertz CT molecular complexity index is 360. The van der Waals surface area contributed by atoms with E-state index in [9.17, 15) is 5.11 Å². The first-order chi connectivity index (χ1) is 8.22. The smallest absolute Gasteiger partial charge is 0.0804 e. The number of aryl methyl sites for hydroxylation is 1. The summed E-state index contributed by atoms with van der Waals surface area (Å²) >= 11 is 0. The second-order valence-electron chi connectivity index (χ2n) is 5.02. The zero-order valence-corrected chi connectivity index (χ0v) is 10.9. The lowest BCUT2D eigenvalue weighted by Crippen LogP contribution is -2.27. The molecule has 1 unspecified atom stereocenters. The van der Waals surface area contributed by atoms with E-state index < -0.39 is 0 Å². The van der Waals surface area contributed by atoms with Crippen molar-refractivity contribution < 1.29 is 5.11 Å². The first-order valence-electron chi connectivity index (χ1n) is 6.70. The molecule has 1 saturated carbocycles. The summed E-state index contributed by atoms with van der Waals surface area (Å²) in [6, 6.07) is 8.92. The lowest BCUT2D eigenvalue weighted by atomic mass is 10.0. The van der Waals surface area contributed by atoms with Gasteiger partial charge in [-0.1, -0.05) is 31.2 Å². The summed E-state index contributed by atoms with van der Waals surface area (Å²) in [6.45, 7) is 6.39. The molecule has 17 heavy (non-hydrogen) atoms. The minimum atomic E-state index is -0.316. The number of aliphatic hydroxyl groups excluding tert-OH is 1. The van der Waals surface area contributed by atoms with Crippen molar-refractivity contribution in [3.8, 4) is 0 Å². The number of hydrogen-bond acceptors (Lipinski definition) is 2. The van der Waals surface area contributed by atoms with Crippen LogP contribution in [0.1, 0.15) is 43.4 Å². The van der Waals surface area contributed by atoms with E-state index in [4.69, 9.17) is 0 Å². The summed E-state index contributed by atoms with van der Waals surface area (Å²) in [4.78, 5) is 2.49. The number of nitrogens with zero attached hydrogens (tertiary/aromatic N) is 1. The molecular formula is C15H23NO. The van der Waals surface area contributed by atoms with Crippen molar-refractivity contribution in [3.63, 3.8) is 0 Å². The van der Waals surface area contributed by atoms with Crippen LogP contribution in [0.4, 0.5) is 0 Å². The van der Waals surface area contributed by atoms with Gasteiger partial charge >= 0.3 is 0 Å². The molecule has 1 aliphatic carbocycles. The zero-order chi connectivity index (χ0) is 12.3. The van der Waals surface area contributed by atoms with Gasteiger partial charge in [-0.3, -0.25) is 0 Å². The second kappa shape index (κ2) is 5.65. The summed E-state index contributed by atoms with van der Waals surface area (Å²) < 4.78 is 0. The van der Waals surface area contributed by atoms with Crippen LogP contribution in [0.3, 0.4) is 0 Å². The maximum atomic E-state index is 10.2. The Balaban J connectivity index is 1.88. The molecule has 2 rings (SSSR count). The molecule has 0 aromatic heterocycles. The van der Waals surface area contributed by atoms with Gasteiger partial charge in [-0.05, 0) is 43.9 Å². The standard InChI is InChI=1S/C15H23NO/c1-3-16(13-8-9-13)11-10-15(17)14-7-5-4-6-12(14)2/h4-7,13,15,17H,3,8-11H2,1-2H3. The molecule has 0 heterocycles. The van der Waals surface area contributed by atoms with Crippen molar-refractivity contribution in [3.05, 3.63) is 35.4 Å². The maximum Gasteiger partial charge on any atom is 0.0804 e. The van der Waals surface area contributed by atoms with Crippen molar-refractivity contribution in [2.45, 2.75) is 45.3 Å². The highest BCUT2D eigenvalue weighted by Crippen LogP contribution is 2.28. The molecule has 1 fully saturated rings. The highest BCUT2D eigenvalue weighted by Gasteiger charge is 2.27. The monoisotopic (exact) mass is 233 g/mol. The first-order valence-corrected chi connectivity index (χ1v) is 6.70. The van der Waals surface area contributed by atoms with Crippen molar-refractivity contribution in [2.75, 3.05) is 13.1 Å². The minimum absolute atomic E-state index is 0.316. The van der Waals surface area contributed by atoms with Gasteiger partial charge in [-0.15, -0.1) is 0 Å². The Morgan fingerprint density at radius 3 is 2.65 bits per heavy atom. The molecule has 1 atom stereocenters. The third-order valence-corrected chi connectivity index (χ3v) is 3.71. The van der Waals surface area contributed by atoms with Crippen molar-refractivity contribution in [1.29, 1.82) is 0 Å². The molecule has 1 aromatic carbocycles. The van der Waals surface area contributed by atoms with Gasteiger partial charge < -0.3 is 10.0 Å². The Labute approximate surface area is 104 Å². The minimum Gasteiger partial charge on any atom is -0.388 e. The molecular weight excluding hydrogens is 210 g/mol. The largest absolute Gasteiger partial charge is 0.388 e. The summed E-state index contributed by atoms with van der Waals surface area (Å²) in [5, 5.41) is 10.2. The van der Waals surface area contributed by atoms with Crippen LogP contribution in [-0.2, 0) is 0 Å². The predicted octanol–water partition coefficient (Wildman–Crippen LogP) is 2.90. The first kappa shape index (κ1) is 12.6. The molecule has 0 saturated heterocycles. The van der Waals surface area contributed by atoms with Crippen LogP contribution in [0.2, 0.25) is 0 Å². The normalized spacial score (nSPS) is 17.4. The second-order valence-corrected chi connectivity index (χ2v) is 5.02. The third kappa shape index (κ3) is 3.30. The van der Waals surface area contributed by atoms with Crippen LogP contribution in [0, 0.1) is 6.92 Å². The number of rotatable bonds is 6. The third-order valence-electron chi connectivity index (χ3n) is 3.71. The van der Waals surface area contributed by atoms with Gasteiger partial charge in [-0.2, -0.15) is 0 Å². The van der Waals surface area contributed by atoms with Crippen molar-refractivity contribution >= 4 is 0 Å². The van der Waals surface area contributed by atoms with Crippen LogP contribution in [-0.4, -0.2) is 29.1 Å². The van der Waals surface area contributed by atoms with E-state index in [1.54, 1.807) is 0 Å².